The van der Waals surface area contributed by atoms with Crippen LogP contribution >= 0.6 is 27.5 Å². The molecule has 1 heterocycles. The average molecular weight is 343 g/mol. The molecular weight excluding hydrogens is 334 g/mol. The van der Waals surface area contributed by atoms with Gasteiger partial charge in [0.15, 0.2) is 0 Å². The minimum absolute atomic E-state index is 0.104. The monoisotopic (exact) mass is 341 g/mol. The maximum Gasteiger partial charge on any atom is 0.255 e. The fourth-order valence-corrected chi connectivity index (χ4v) is 1.95. The number of benzene rings is 1. The minimum Gasteiger partial charge on any atom is -0.324 e. The fraction of sp³-hybridized carbons (Fsp3) is 0.0833. The zero-order valence-corrected chi connectivity index (χ0v) is 12.0. The lowest BCUT2D eigenvalue weighted by Crippen LogP contribution is -2.27. The molecule has 0 unspecified atom stereocenters. The van der Waals surface area contributed by atoms with Gasteiger partial charge < -0.3 is 5.32 Å². The Balaban J connectivity index is 2.10. The van der Waals surface area contributed by atoms with Crippen molar-refractivity contribution in [3.8, 4) is 0 Å². The lowest BCUT2D eigenvalue weighted by Gasteiger charge is -2.08. The van der Waals surface area contributed by atoms with Gasteiger partial charge in [0.05, 0.1) is 12.0 Å². The van der Waals surface area contributed by atoms with Gasteiger partial charge >= 0.3 is 0 Å². The molecule has 5 nitrogen and oxygen atoms in total. The molecule has 1 aromatic carbocycles. The molecule has 0 saturated carbocycles. The number of anilines is 1. The highest BCUT2D eigenvalue weighted by Gasteiger charge is 2.07. The van der Waals surface area contributed by atoms with Gasteiger partial charge in [-0.05, 0) is 28.1 Å². The van der Waals surface area contributed by atoms with E-state index in [0.29, 0.717) is 5.69 Å². The number of aromatic nitrogens is 2. The second kappa shape index (κ2) is 5.99. The quantitative estimate of drug-likeness (QED) is 0.871. The second-order valence-electron chi connectivity index (χ2n) is 3.71. The molecule has 1 N–H and O–H groups in total. The number of carbonyl (C=O) groups is 1. The Hall–Kier alpha value is -1.66. The van der Waals surface area contributed by atoms with Crippen molar-refractivity contribution in [2.24, 2.45) is 0 Å². The third kappa shape index (κ3) is 3.65. The van der Waals surface area contributed by atoms with Crippen LogP contribution in [-0.2, 0) is 11.3 Å². The molecule has 0 bridgehead atoms. The Labute approximate surface area is 122 Å². The Bertz CT molecular complexity index is 672. The predicted octanol–water partition coefficient (Wildman–Crippen LogP) is 2.30. The highest BCUT2D eigenvalue weighted by atomic mass is 79.9. The van der Waals surface area contributed by atoms with Crippen molar-refractivity contribution in [1.29, 1.82) is 0 Å². The van der Waals surface area contributed by atoms with Crippen LogP contribution in [-0.4, -0.2) is 15.5 Å². The Morgan fingerprint density at radius 1 is 1.42 bits per heavy atom. The number of nitrogens with zero attached hydrogens (tertiary/aromatic N) is 2. The highest BCUT2D eigenvalue weighted by Crippen LogP contribution is 2.20. The molecule has 0 saturated heterocycles. The van der Waals surface area contributed by atoms with Gasteiger partial charge in [0.25, 0.3) is 5.56 Å². The fourth-order valence-electron chi connectivity index (χ4n) is 1.43. The summed E-state index contributed by atoms with van der Waals surface area (Å²) in [6.07, 6.45) is 1.24. The number of para-hydroxylation sites is 1. The molecule has 2 rings (SSSR count). The molecule has 98 valence electrons. The molecule has 19 heavy (non-hydrogen) atoms. The van der Waals surface area contributed by atoms with Gasteiger partial charge in [0.1, 0.15) is 11.7 Å². The summed E-state index contributed by atoms with van der Waals surface area (Å²) in [5.74, 6) is -0.321. The van der Waals surface area contributed by atoms with E-state index in [1.165, 1.54) is 10.9 Å². The van der Waals surface area contributed by atoms with Gasteiger partial charge in [0, 0.05) is 10.5 Å². The lowest BCUT2D eigenvalue weighted by atomic mass is 10.3. The molecule has 0 aliphatic rings. The van der Waals surface area contributed by atoms with Crippen LogP contribution in [0.4, 0.5) is 5.69 Å². The standard InChI is InChI=1S/C12H9BrClN3O2/c13-8-3-1-2-4-9(8)16-11(18)6-17-7-15-10(14)5-12(17)19/h1-5,7H,6H2,(H,16,18). The zero-order valence-electron chi connectivity index (χ0n) is 9.64. The van der Waals surface area contributed by atoms with Crippen LogP contribution in [0.25, 0.3) is 0 Å². The number of hydrogen-bond donors (Lipinski definition) is 1. The van der Waals surface area contributed by atoms with E-state index in [0.717, 1.165) is 10.5 Å². The molecule has 0 aliphatic heterocycles. The van der Waals surface area contributed by atoms with Gasteiger partial charge in [-0.1, -0.05) is 23.7 Å². The van der Waals surface area contributed by atoms with Crippen LogP contribution in [0.2, 0.25) is 5.15 Å². The van der Waals surface area contributed by atoms with E-state index in [2.05, 4.69) is 26.2 Å². The van der Waals surface area contributed by atoms with Gasteiger partial charge in [-0.2, -0.15) is 0 Å². The third-order valence-electron chi connectivity index (χ3n) is 2.31. The van der Waals surface area contributed by atoms with Crippen molar-refractivity contribution < 1.29 is 4.79 Å². The van der Waals surface area contributed by atoms with E-state index in [4.69, 9.17) is 11.6 Å². The normalized spacial score (nSPS) is 10.2. The van der Waals surface area contributed by atoms with Crippen LogP contribution < -0.4 is 10.9 Å². The molecule has 1 aromatic heterocycles. The summed E-state index contributed by atoms with van der Waals surface area (Å²) in [6.45, 7) is -0.121. The molecule has 2 aromatic rings. The Kier molecular flexibility index (Phi) is 4.34. The summed E-state index contributed by atoms with van der Waals surface area (Å²) in [5.41, 5.74) is 0.268. The number of rotatable bonds is 3. The van der Waals surface area contributed by atoms with Crippen LogP contribution in [0.15, 0.2) is 45.9 Å². The molecule has 0 spiro atoms. The van der Waals surface area contributed by atoms with Crippen molar-refractivity contribution in [3.05, 3.63) is 56.6 Å². The van der Waals surface area contributed by atoms with E-state index in [-0.39, 0.29) is 23.2 Å². The predicted molar refractivity (Wildman–Crippen MR) is 76.3 cm³/mol. The van der Waals surface area contributed by atoms with Crippen LogP contribution in [0.3, 0.4) is 0 Å². The van der Waals surface area contributed by atoms with Crippen molar-refractivity contribution >= 4 is 39.1 Å². The van der Waals surface area contributed by atoms with E-state index < -0.39 is 0 Å². The van der Waals surface area contributed by atoms with Crippen LogP contribution in [0, 0.1) is 0 Å². The summed E-state index contributed by atoms with van der Waals surface area (Å²) in [5, 5.41) is 2.80. The Morgan fingerprint density at radius 3 is 2.84 bits per heavy atom. The maximum atomic E-state index is 11.8. The first kappa shape index (κ1) is 13.8. The first-order valence-corrected chi connectivity index (χ1v) is 6.50. The smallest absolute Gasteiger partial charge is 0.255 e. The molecule has 0 radical (unpaired) electrons. The largest absolute Gasteiger partial charge is 0.324 e. The summed E-state index contributed by atoms with van der Waals surface area (Å²) < 4.78 is 1.95. The topological polar surface area (TPSA) is 64.0 Å². The molecule has 7 heteroatoms. The van der Waals surface area contributed by atoms with Gasteiger partial charge in [0.2, 0.25) is 5.91 Å². The van der Waals surface area contributed by atoms with Crippen LogP contribution in [0.5, 0.6) is 0 Å². The molecule has 1 amide bonds. The minimum atomic E-state index is -0.373. The Morgan fingerprint density at radius 2 is 2.16 bits per heavy atom. The first-order chi connectivity index (χ1) is 9.06. The summed E-state index contributed by atoms with van der Waals surface area (Å²) in [7, 11) is 0. The van der Waals surface area contributed by atoms with E-state index in [9.17, 15) is 9.59 Å². The molecular formula is C12H9BrClN3O2. The summed E-state index contributed by atoms with van der Waals surface area (Å²) in [6, 6.07) is 8.37. The van der Waals surface area contributed by atoms with Crippen molar-refractivity contribution in [2.45, 2.75) is 6.54 Å². The second-order valence-corrected chi connectivity index (χ2v) is 4.95. The number of hydrogen-bond acceptors (Lipinski definition) is 3. The maximum absolute atomic E-state index is 11.8. The van der Waals surface area contributed by atoms with Gasteiger partial charge in [-0.15, -0.1) is 0 Å². The number of halogens is 2. The average Bonchev–Trinajstić information content (AvgIpc) is 2.36. The molecule has 0 fully saturated rings. The van der Waals surface area contributed by atoms with E-state index >= 15 is 0 Å². The highest BCUT2D eigenvalue weighted by molar-refractivity contribution is 9.10. The lowest BCUT2D eigenvalue weighted by molar-refractivity contribution is -0.116. The zero-order chi connectivity index (χ0) is 13.8. The summed E-state index contributed by atoms with van der Waals surface area (Å²) in [4.78, 5) is 27.1. The van der Waals surface area contributed by atoms with Crippen LogP contribution in [0.1, 0.15) is 0 Å². The summed E-state index contributed by atoms with van der Waals surface area (Å²) >= 11 is 8.89. The number of carbonyl (C=O) groups excluding carboxylic acids is 1. The first-order valence-electron chi connectivity index (χ1n) is 5.32. The van der Waals surface area contributed by atoms with Crippen molar-refractivity contribution in [3.63, 3.8) is 0 Å². The van der Waals surface area contributed by atoms with Gasteiger partial charge in [-0.3, -0.25) is 14.2 Å². The third-order valence-corrected chi connectivity index (χ3v) is 3.21. The number of nitrogens with one attached hydrogen (secondary N) is 1. The van der Waals surface area contributed by atoms with E-state index in [1.807, 2.05) is 12.1 Å². The molecule has 0 aliphatic carbocycles. The van der Waals surface area contributed by atoms with E-state index in [1.54, 1.807) is 12.1 Å². The van der Waals surface area contributed by atoms with Crippen molar-refractivity contribution in [2.75, 3.05) is 5.32 Å². The SMILES string of the molecule is O=C(Cn1cnc(Cl)cc1=O)Nc1ccccc1Br. The number of amides is 1. The van der Waals surface area contributed by atoms with Crippen molar-refractivity contribution in [1.82, 2.24) is 9.55 Å². The molecule has 0 atom stereocenters. The van der Waals surface area contributed by atoms with Gasteiger partial charge in [-0.25, -0.2) is 4.98 Å².